The van der Waals surface area contributed by atoms with Crippen molar-refractivity contribution < 1.29 is 4.74 Å². The van der Waals surface area contributed by atoms with Gasteiger partial charge in [0.2, 0.25) is 0 Å². The van der Waals surface area contributed by atoms with E-state index < -0.39 is 0 Å². The number of ether oxygens (including phenoxy) is 1. The molecule has 0 atom stereocenters. The average Bonchev–Trinajstić information content (AvgIpc) is 2.69. The molecule has 0 spiro atoms. The van der Waals surface area contributed by atoms with Crippen LogP contribution in [-0.2, 0) is 0 Å². The maximum atomic E-state index is 5.53. The van der Waals surface area contributed by atoms with Gasteiger partial charge in [-0.3, -0.25) is 0 Å². The van der Waals surface area contributed by atoms with Crippen LogP contribution in [0.4, 0.5) is 11.4 Å². The van der Waals surface area contributed by atoms with Crippen LogP contribution in [0.15, 0.2) is 84.9 Å². The highest BCUT2D eigenvalue weighted by Crippen LogP contribution is 2.34. The van der Waals surface area contributed by atoms with Crippen LogP contribution >= 0.6 is 0 Å². The highest BCUT2D eigenvalue weighted by molar-refractivity contribution is 5.98. The van der Waals surface area contributed by atoms with E-state index in [2.05, 4.69) is 41.7 Å². The molecule has 0 radical (unpaired) electrons. The van der Waals surface area contributed by atoms with E-state index in [0.717, 1.165) is 39.3 Å². The van der Waals surface area contributed by atoms with Gasteiger partial charge in [-0.25, -0.2) is 4.98 Å². The second-order valence-electron chi connectivity index (χ2n) is 5.77. The predicted molar refractivity (Wildman–Crippen MR) is 103 cm³/mol. The number of anilines is 2. The highest BCUT2D eigenvalue weighted by Gasteiger charge is 2.11. The van der Waals surface area contributed by atoms with Gasteiger partial charge in [0.15, 0.2) is 0 Å². The number of benzene rings is 3. The molecule has 0 aliphatic carbocycles. The summed E-state index contributed by atoms with van der Waals surface area (Å²) >= 11 is 0. The Bertz CT molecular complexity index is 998. The molecule has 0 bridgehead atoms. The van der Waals surface area contributed by atoms with Gasteiger partial charge in [0.1, 0.15) is 11.3 Å². The van der Waals surface area contributed by atoms with Crippen LogP contribution in [0.1, 0.15) is 0 Å². The number of methoxy groups -OCH3 is 1. The minimum absolute atomic E-state index is 0.770. The number of nitrogens with zero attached hydrogens (tertiary/aromatic N) is 1. The second-order valence-corrected chi connectivity index (χ2v) is 5.77. The molecule has 0 unspecified atom stereocenters. The van der Waals surface area contributed by atoms with Gasteiger partial charge in [-0.05, 0) is 24.3 Å². The van der Waals surface area contributed by atoms with Gasteiger partial charge in [-0.2, -0.15) is 0 Å². The summed E-state index contributed by atoms with van der Waals surface area (Å²) in [6.45, 7) is 0. The molecule has 0 saturated carbocycles. The lowest BCUT2D eigenvalue weighted by Crippen LogP contribution is -1.96. The molecule has 0 saturated heterocycles. The van der Waals surface area contributed by atoms with Crippen molar-refractivity contribution in [2.24, 2.45) is 0 Å². The van der Waals surface area contributed by atoms with Crippen LogP contribution in [0.25, 0.3) is 22.2 Å². The van der Waals surface area contributed by atoms with E-state index >= 15 is 0 Å². The Morgan fingerprint density at radius 2 is 1.52 bits per heavy atom. The first-order valence-electron chi connectivity index (χ1n) is 8.20. The first kappa shape index (κ1) is 15.2. The molecular weight excluding hydrogens is 308 g/mol. The summed E-state index contributed by atoms with van der Waals surface area (Å²) in [4.78, 5) is 4.85. The quantitative estimate of drug-likeness (QED) is 0.526. The fraction of sp³-hybridized carbons (Fsp3) is 0.0455. The van der Waals surface area contributed by atoms with E-state index in [4.69, 9.17) is 9.72 Å². The molecule has 0 fully saturated rings. The lowest BCUT2D eigenvalue weighted by atomic mass is 10.1. The lowest BCUT2D eigenvalue weighted by Gasteiger charge is -2.14. The molecular formula is C22H18N2O. The molecule has 0 aliphatic rings. The van der Waals surface area contributed by atoms with Crippen molar-refractivity contribution in [2.75, 3.05) is 12.4 Å². The zero-order valence-corrected chi connectivity index (χ0v) is 13.9. The Morgan fingerprint density at radius 3 is 2.24 bits per heavy atom. The number of pyridine rings is 1. The Balaban J connectivity index is 1.93. The van der Waals surface area contributed by atoms with Gasteiger partial charge in [0.25, 0.3) is 0 Å². The fourth-order valence-electron chi connectivity index (χ4n) is 2.92. The van der Waals surface area contributed by atoms with E-state index in [9.17, 15) is 0 Å². The van der Waals surface area contributed by atoms with Crippen LogP contribution in [0, 0.1) is 0 Å². The van der Waals surface area contributed by atoms with Gasteiger partial charge in [-0.1, -0.05) is 60.7 Å². The van der Waals surface area contributed by atoms with E-state index in [1.165, 1.54) is 0 Å². The van der Waals surface area contributed by atoms with Crippen molar-refractivity contribution in [1.29, 1.82) is 0 Å². The van der Waals surface area contributed by atoms with E-state index in [-0.39, 0.29) is 0 Å². The van der Waals surface area contributed by atoms with E-state index in [0.29, 0.717) is 0 Å². The summed E-state index contributed by atoms with van der Waals surface area (Å²) in [6, 6.07) is 28.4. The Hall–Kier alpha value is -3.33. The van der Waals surface area contributed by atoms with Crippen molar-refractivity contribution in [3.05, 3.63) is 84.9 Å². The first-order valence-corrected chi connectivity index (χ1v) is 8.20. The van der Waals surface area contributed by atoms with Crippen molar-refractivity contribution >= 4 is 22.3 Å². The van der Waals surface area contributed by atoms with Crippen LogP contribution in [0.3, 0.4) is 0 Å². The van der Waals surface area contributed by atoms with Crippen molar-refractivity contribution in [3.8, 4) is 17.0 Å². The maximum absolute atomic E-state index is 5.53. The van der Waals surface area contributed by atoms with Crippen LogP contribution < -0.4 is 10.1 Å². The van der Waals surface area contributed by atoms with Gasteiger partial charge in [0.05, 0.1) is 18.5 Å². The molecule has 1 N–H and O–H groups in total. The maximum Gasteiger partial charge on any atom is 0.145 e. The number of aromatic nitrogens is 1. The summed E-state index contributed by atoms with van der Waals surface area (Å²) in [5.41, 5.74) is 4.89. The minimum atomic E-state index is 0.770. The molecule has 25 heavy (non-hydrogen) atoms. The molecule has 0 aliphatic heterocycles. The highest BCUT2D eigenvalue weighted by atomic mass is 16.5. The standard InChI is InChI=1S/C22H18N2O/c1-25-21-14-8-13-18-20(23-17-11-6-3-7-12-17)15-19(24-22(18)21)16-9-4-2-5-10-16/h2-15H,1H3,(H,23,24). The van der Waals surface area contributed by atoms with Crippen LogP contribution in [0.5, 0.6) is 5.75 Å². The largest absolute Gasteiger partial charge is 0.494 e. The fourth-order valence-corrected chi connectivity index (χ4v) is 2.92. The molecule has 1 heterocycles. The number of hydrogen-bond donors (Lipinski definition) is 1. The zero-order chi connectivity index (χ0) is 17.1. The summed E-state index contributed by atoms with van der Waals surface area (Å²) in [6.07, 6.45) is 0. The third-order valence-electron chi connectivity index (χ3n) is 4.14. The second kappa shape index (κ2) is 6.65. The molecule has 3 nitrogen and oxygen atoms in total. The molecule has 0 amide bonds. The number of hydrogen-bond acceptors (Lipinski definition) is 3. The molecule has 4 rings (SSSR count). The van der Waals surface area contributed by atoms with Gasteiger partial charge in [-0.15, -0.1) is 0 Å². The van der Waals surface area contributed by atoms with E-state index in [1.54, 1.807) is 7.11 Å². The molecule has 4 aromatic rings. The number of para-hydroxylation sites is 2. The normalized spacial score (nSPS) is 10.6. The summed E-state index contributed by atoms with van der Waals surface area (Å²) < 4.78 is 5.53. The predicted octanol–water partition coefficient (Wildman–Crippen LogP) is 5.65. The molecule has 3 aromatic carbocycles. The third-order valence-corrected chi connectivity index (χ3v) is 4.14. The van der Waals surface area contributed by atoms with Crippen molar-refractivity contribution in [1.82, 2.24) is 4.98 Å². The summed E-state index contributed by atoms with van der Waals surface area (Å²) in [5, 5.41) is 4.54. The topological polar surface area (TPSA) is 34.1 Å². The Kier molecular flexibility index (Phi) is 4.05. The zero-order valence-electron chi connectivity index (χ0n) is 13.9. The van der Waals surface area contributed by atoms with Crippen LogP contribution in [-0.4, -0.2) is 12.1 Å². The molecule has 1 aromatic heterocycles. The minimum Gasteiger partial charge on any atom is -0.494 e. The summed E-state index contributed by atoms with van der Waals surface area (Å²) in [7, 11) is 1.68. The SMILES string of the molecule is COc1cccc2c(Nc3ccccc3)cc(-c3ccccc3)nc12. The van der Waals surface area contributed by atoms with Crippen molar-refractivity contribution in [3.63, 3.8) is 0 Å². The van der Waals surface area contributed by atoms with Gasteiger partial charge >= 0.3 is 0 Å². The Morgan fingerprint density at radius 1 is 0.800 bits per heavy atom. The first-order chi connectivity index (χ1) is 12.3. The molecule has 122 valence electrons. The summed E-state index contributed by atoms with van der Waals surface area (Å²) in [5.74, 6) is 0.770. The van der Waals surface area contributed by atoms with Gasteiger partial charge in [0, 0.05) is 16.6 Å². The number of rotatable bonds is 4. The number of nitrogens with one attached hydrogen (secondary N) is 1. The van der Waals surface area contributed by atoms with E-state index in [1.807, 2.05) is 48.5 Å². The lowest BCUT2D eigenvalue weighted by molar-refractivity contribution is 0.419. The molecule has 3 heteroatoms. The van der Waals surface area contributed by atoms with Crippen molar-refractivity contribution in [2.45, 2.75) is 0 Å². The number of fused-ring (bicyclic) bond motifs is 1. The van der Waals surface area contributed by atoms with Gasteiger partial charge < -0.3 is 10.1 Å². The monoisotopic (exact) mass is 326 g/mol. The van der Waals surface area contributed by atoms with Crippen LogP contribution in [0.2, 0.25) is 0 Å². The average molecular weight is 326 g/mol. The smallest absolute Gasteiger partial charge is 0.145 e. The third kappa shape index (κ3) is 3.04. The Labute approximate surface area is 146 Å².